The largest absolute Gasteiger partial charge is 0.487 e. The Kier molecular flexibility index (Phi) is 11.3. The number of rotatable bonds is 12. The molecule has 0 unspecified atom stereocenters. The van der Waals surface area contributed by atoms with Gasteiger partial charge in [0.25, 0.3) is 21.5 Å². The number of fused-ring (bicyclic) bond motifs is 1. The molecular weight excluding hydrogens is 646 g/mol. The Morgan fingerprint density at radius 3 is 2.43 bits per heavy atom. The van der Waals surface area contributed by atoms with E-state index in [1.54, 1.807) is 26.1 Å². The number of carboxylic acid groups (broad SMARTS) is 1. The standard InChI is InChI=1S/C36H47N5O7S/c1-21(2)26-13-9-8-12-25(26)20-41-19-11-14-28(33(41)43)32(42)39-29(34(44)45)15-10-18-38-35(37)40-49(46,47)31-23(4)22(3)30-27(24(31)5)16-17-36(6,7)48-30/h8-9,11-14,19,21,29H,10,15-18,20H2,1-7H3,(H,39,42)(H,44,45)(H3,37,38,40)/t29-/m0/s1. The van der Waals surface area contributed by atoms with Crippen LogP contribution in [0.2, 0.25) is 0 Å². The first-order chi connectivity index (χ1) is 22.9. The van der Waals surface area contributed by atoms with Crippen LogP contribution in [0.3, 0.4) is 0 Å². The summed E-state index contributed by atoms with van der Waals surface area (Å²) in [7, 11) is -4.13. The summed E-state index contributed by atoms with van der Waals surface area (Å²) in [5.74, 6) is -1.61. The normalized spacial score (nSPS) is 14.4. The molecule has 0 spiro atoms. The molecule has 0 radical (unpaired) electrons. The van der Waals surface area contributed by atoms with Crippen LogP contribution >= 0.6 is 0 Å². The number of hydrogen-bond acceptors (Lipinski definition) is 7. The molecule has 0 bridgehead atoms. The van der Waals surface area contributed by atoms with E-state index in [2.05, 4.69) is 29.2 Å². The highest BCUT2D eigenvalue weighted by atomic mass is 32.2. The Morgan fingerprint density at radius 1 is 1.06 bits per heavy atom. The van der Waals surface area contributed by atoms with Crippen molar-refractivity contribution in [2.75, 3.05) is 6.54 Å². The predicted molar refractivity (Wildman–Crippen MR) is 188 cm³/mol. The first kappa shape index (κ1) is 37.2. The van der Waals surface area contributed by atoms with Gasteiger partial charge in [-0.15, -0.1) is 0 Å². The second kappa shape index (κ2) is 14.9. The molecule has 0 fully saturated rings. The molecule has 2 aromatic carbocycles. The number of nitrogens with one attached hydrogen (secondary N) is 4. The highest BCUT2D eigenvalue weighted by molar-refractivity contribution is 7.90. The van der Waals surface area contributed by atoms with Gasteiger partial charge in [-0.2, -0.15) is 0 Å². The number of carbonyl (C=O) groups is 2. The van der Waals surface area contributed by atoms with E-state index >= 15 is 0 Å². The molecule has 13 heteroatoms. The first-order valence-corrected chi connectivity index (χ1v) is 17.9. The molecule has 1 atom stereocenters. The van der Waals surface area contributed by atoms with Crippen molar-refractivity contribution in [3.05, 3.63) is 91.9 Å². The van der Waals surface area contributed by atoms with Gasteiger partial charge in [-0.3, -0.25) is 15.0 Å². The molecule has 1 aliphatic rings. The molecule has 49 heavy (non-hydrogen) atoms. The highest BCUT2D eigenvalue weighted by Gasteiger charge is 2.34. The lowest BCUT2D eigenvalue weighted by Gasteiger charge is -2.35. The molecule has 0 aliphatic carbocycles. The quantitative estimate of drug-likeness (QED) is 0.104. The van der Waals surface area contributed by atoms with Crippen molar-refractivity contribution in [3.8, 4) is 5.75 Å². The lowest BCUT2D eigenvalue weighted by Crippen LogP contribution is -2.44. The van der Waals surface area contributed by atoms with Crippen molar-refractivity contribution >= 4 is 27.9 Å². The summed E-state index contributed by atoms with van der Waals surface area (Å²) in [6.45, 7) is 13.7. The first-order valence-electron chi connectivity index (χ1n) is 16.4. The van der Waals surface area contributed by atoms with E-state index in [1.165, 1.54) is 10.6 Å². The zero-order valence-electron chi connectivity index (χ0n) is 29.2. The average Bonchev–Trinajstić information content (AvgIpc) is 3.01. The zero-order valence-corrected chi connectivity index (χ0v) is 30.0. The number of pyridine rings is 1. The smallest absolute Gasteiger partial charge is 0.326 e. The fourth-order valence-electron chi connectivity index (χ4n) is 6.24. The van der Waals surface area contributed by atoms with Crippen molar-refractivity contribution in [2.24, 2.45) is 0 Å². The molecule has 264 valence electrons. The van der Waals surface area contributed by atoms with Gasteiger partial charge in [0, 0.05) is 12.7 Å². The molecule has 0 saturated carbocycles. The van der Waals surface area contributed by atoms with Crippen LogP contribution in [0.4, 0.5) is 0 Å². The maximum atomic E-state index is 13.5. The van der Waals surface area contributed by atoms with Gasteiger partial charge in [0.05, 0.1) is 11.4 Å². The van der Waals surface area contributed by atoms with Crippen molar-refractivity contribution < 1.29 is 27.9 Å². The summed E-state index contributed by atoms with van der Waals surface area (Å²) in [5, 5.41) is 23.1. The number of amides is 1. The topological polar surface area (TPSA) is 180 Å². The molecule has 1 aromatic heterocycles. The van der Waals surface area contributed by atoms with Crippen molar-refractivity contribution in [2.45, 2.75) is 103 Å². The number of sulfonamides is 1. The number of hydrogen-bond donors (Lipinski definition) is 5. The van der Waals surface area contributed by atoms with E-state index < -0.39 is 39.5 Å². The zero-order chi connectivity index (χ0) is 36.3. The Morgan fingerprint density at radius 2 is 1.76 bits per heavy atom. The number of nitrogens with zero attached hydrogens (tertiary/aromatic N) is 1. The summed E-state index contributed by atoms with van der Waals surface area (Å²) >= 11 is 0. The monoisotopic (exact) mass is 693 g/mol. The minimum atomic E-state index is -4.13. The molecule has 12 nitrogen and oxygen atoms in total. The Bertz CT molecular complexity index is 1930. The molecule has 4 rings (SSSR count). The fourth-order valence-corrected chi connectivity index (χ4v) is 7.77. The van der Waals surface area contributed by atoms with E-state index in [0.717, 1.165) is 28.7 Å². The lowest BCUT2D eigenvalue weighted by molar-refractivity contribution is -0.139. The molecule has 3 aromatic rings. The Labute approximate surface area is 287 Å². The summed E-state index contributed by atoms with van der Waals surface area (Å²) in [4.78, 5) is 38.4. The number of guanidine groups is 1. The maximum Gasteiger partial charge on any atom is 0.326 e. The number of aliphatic carboxylic acids is 1. The maximum absolute atomic E-state index is 13.5. The lowest BCUT2D eigenvalue weighted by atomic mass is 9.88. The summed E-state index contributed by atoms with van der Waals surface area (Å²) in [6, 6.07) is 9.37. The summed E-state index contributed by atoms with van der Waals surface area (Å²) in [5.41, 5.74) is 3.66. The van der Waals surface area contributed by atoms with Gasteiger partial charge in [-0.1, -0.05) is 38.1 Å². The molecule has 0 saturated heterocycles. The summed E-state index contributed by atoms with van der Waals surface area (Å²) < 4.78 is 36.8. The molecule has 2 heterocycles. The van der Waals surface area contributed by atoms with Gasteiger partial charge in [0.1, 0.15) is 23.0 Å². The van der Waals surface area contributed by atoms with E-state index in [4.69, 9.17) is 10.1 Å². The Hall–Kier alpha value is -4.65. The second-order valence-electron chi connectivity index (χ2n) is 13.5. The van der Waals surface area contributed by atoms with Gasteiger partial charge in [0.2, 0.25) is 5.96 Å². The number of benzene rings is 2. The number of carboxylic acids is 1. The van der Waals surface area contributed by atoms with Crippen LogP contribution in [0, 0.1) is 26.2 Å². The van der Waals surface area contributed by atoms with Crippen LogP contribution in [0.15, 0.2) is 52.3 Å². The number of carbonyl (C=O) groups excluding carboxylic acids is 1. The second-order valence-corrected chi connectivity index (χ2v) is 15.1. The van der Waals surface area contributed by atoms with E-state index in [0.29, 0.717) is 23.3 Å². The molecule has 1 aliphatic heterocycles. The highest BCUT2D eigenvalue weighted by Crippen LogP contribution is 2.42. The van der Waals surface area contributed by atoms with E-state index in [9.17, 15) is 27.9 Å². The fraction of sp³-hybridized carbons (Fsp3) is 0.444. The van der Waals surface area contributed by atoms with Gasteiger partial charge in [-0.25, -0.2) is 17.9 Å². The van der Waals surface area contributed by atoms with Crippen LogP contribution in [0.1, 0.15) is 96.6 Å². The van der Waals surface area contributed by atoms with Gasteiger partial charge >= 0.3 is 5.97 Å². The molecular formula is C36H47N5O7S. The SMILES string of the molecule is Cc1c(C)c(S(=O)(=O)NC(=N)NCCC[C@H](NC(=O)c2cccn(Cc3ccccc3C(C)C)c2=O)C(=O)O)c(C)c2c1OC(C)(C)CC2. The number of ether oxygens (including phenoxy) is 1. The van der Waals surface area contributed by atoms with Crippen LogP contribution in [-0.4, -0.2) is 54.1 Å². The van der Waals surface area contributed by atoms with Crippen molar-refractivity contribution in [1.29, 1.82) is 5.41 Å². The molecule has 1 amide bonds. The minimum absolute atomic E-state index is 0.0323. The minimum Gasteiger partial charge on any atom is -0.487 e. The van der Waals surface area contributed by atoms with Gasteiger partial charge in [-0.05, 0) is 112 Å². The third kappa shape index (κ3) is 8.51. The van der Waals surface area contributed by atoms with Crippen molar-refractivity contribution in [1.82, 2.24) is 19.9 Å². The van der Waals surface area contributed by atoms with E-state index in [1.807, 2.05) is 45.0 Å². The van der Waals surface area contributed by atoms with E-state index in [-0.39, 0.29) is 47.9 Å². The molecule has 5 N–H and O–H groups in total. The predicted octanol–water partition coefficient (Wildman–Crippen LogP) is 4.51. The third-order valence-electron chi connectivity index (χ3n) is 9.03. The van der Waals surface area contributed by atoms with Gasteiger partial charge in [0.15, 0.2) is 0 Å². The third-order valence-corrected chi connectivity index (χ3v) is 10.7. The van der Waals surface area contributed by atoms with Crippen LogP contribution in [0.5, 0.6) is 5.75 Å². The summed E-state index contributed by atoms with van der Waals surface area (Å²) in [6.07, 6.45) is 3.14. The average molecular weight is 694 g/mol. The van der Waals surface area contributed by atoms with Crippen molar-refractivity contribution in [3.63, 3.8) is 0 Å². The van der Waals surface area contributed by atoms with Gasteiger partial charge < -0.3 is 25.0 Å². The van der Waals surface area contributed by atoms with Crippen LogP contribution < -0.4 is 25.7 Å². The van der Waals surface area contributed by atoms with Crippen LogP contribution in [0.25, 0.3) is 0 Å². The van der Waals surface area contributed by atoms with Crippen LogP contribution in [-0.2, 0) is 27.8 Å². The number of aromatic nitrogens is 1. The Balaban J connectivity index is 1.36.